The van der Waals surface area contributed by atoms with Crippen molar-refractivity contribution in [3.63, 3.8) is 0 Å². The molecule has 0 saturated carbocycles. The second-order valence-corrected chi connectivity index (χ2v) is 10.1. The first-order valence-electron chi connectivity index (χ1n) is 10.2. The second kappa shape index (κ2) is 8.36. The minimum atomic E-state index is -0.355. The summed E-state index contributed by atoms with van der Waals surface area (Å²) in [4.78, 5) is 17.3. The van der Waals surface area contributed by atoms with Crippen LogP contribution in [-0.2, 0) is 16.0 Å². The highest BCUT2D eigenvalue weighted by molar-refractivity contribution is 8.00. The Balaban J connectivity index is 1.69. The van der Waals surface area contributed by atoms with E-state index >= 15 is 0 Å². The van der Waals surface area contributed by atoms with Gasteiger partial charge in [0.2, 0.25) is 0 Å². The van der Waals surface area contributed by atoms with E-state index in [4.69, 9.17) is 9.47 Å². The number of esters is 1. The lowest BCUT2D eigenvalue weighted by Crippen LogP contribution is -2.46. The predicted octanol–water partition coefficient (Wildman–Crippen LogP) is 4.87. The summed E-state index contributed by atoms with van der Waals surface area (Å²) in [6.45, 7) is 4.50. The average molecular weight is 425 g/mol. The van der Waals surface area contributed by atoms with Gasteiger partial charge in [-0.3, -0.25) is 10.1 Å². The van der Waals surface area contributed by atoms with Crippen molar-refractivity contribution in [1.29, 1.82) is 0 Å². The topological polar surface area (TPSA) is 63.4 Å². The van der Waals surface area contributed by atoms with Crippen molar-refractivity contribution in [1.82, 2.24) is 10.3 Å². The summed E-state index contributed by atoms with van der Waals surface area (Å²) in [7, 11) is 3.12. The van der Waals surface area contributed by atoms with Gasteiger partial charge in [-0.25, -0.2) is 0 Å². The number of carbonyl (C=O) groups is 1. The van der Waals surface area contributed by atoms with Gasteiger partial charge in [0.1, 0.15) is 11.8 Å². The number of H-pyrrole nitrogens is 1. The van der Waals surface area contributed by atoms with Crippen LogP contribution in [0.15, 0.2) is 53.4 Å². The molecule has 5 nitrogen and oxygen atoms in total. The van der Waals surface area contributed by atoms with Gasteiger partial charge >= 0.3 is 5.97 Å². The van der Waals surface area contributed by atoms with Crippen LogP contribution in [-0.4, -0.2) is 36.0 Å². The smallest absolute Gasteiger partial charge is 0.323 e. The van der Waals surface area contributed by atoms with Crippen molar-refractivity contribution in [3.8, 4) is 5.75 Å². The fourth-order valence-corrected chi connectivity index (χ4v) is 5.47. The maximum Gasteiger partial charge on any atom is 0.323 e. The van der Waals surface area contributed by atoms with E-state index in [9.17, 15) is 4.79 Å². The summed E-state index contributed by atoms with van der Waals surface area (Å²) in [5.74, 6) is 0.595. The molecule has 0 saturated heterocycles. The second-order valence-electron chi connectivity index (χ2n) is 8.31. The van der Waals surface area contributed by atoms with Gasteiger partial charge in [-0.2, -0.15) is 0 Å². The molecule has 1 aliphatic rings. The van der Waals surface area contributed by atoms with Crippen molar-refractivity contribution in [2.75, 3.05) is 14.2 Å². The van der Waals surface area contributed by atoms with Gasteiger partial charge in [-0.15, -0.1) is 11.8 Å². The molecule has 158 valence electrons. The number of benzene rings is 2. The normalized spacial score (nSPS) is 18.8. The van der Waals surface area contributed by atoms with Crippen LogP contribution >= 0.6 is 11.8 Å². The zero-order valence-corrected chi connectivity index (χ0v) is 18.6. The Bertz CT molecular complexity index is 1050. The van der Waals surface area contributed by atoms with Crippen LogP contribution < -0.4 is 10.1 Å². The summed E-state index contributed by atoms with van der Waals surface area (Å²) in [5, 5.41) is 4.68. The molecule has 2 aromatic carbocycles. The summed E-state index contributed by atoms with van der Waals surface area (Å²) in [5.41, 5.74) is 3.37. The van der Waals surface area contributed by atoms with E-state index in [1.54, 1.807) is 7.11 Å². The van der Waals surface area contributed by atoms with Crippen LogP contribution in [0.1, 0.15) is 37.6 Å². The summed E-state index contributed by atoms with van der Waals surface area (Å²) in [6, 6.07) is 16.2. The van der Waals surface area contributed by atoms with Gasteiger partial charge in [0.05, 0.1) is 14.2 Å². The Morgan fingerprint density at radius 3 is 2.63 bits per heavy atom. The van der Waals surface area contributed by atoms with Gasteiger partial charge in [0.25, 0.3) is 0 Å². The Labute approximate surface area is 181 Å². The molecule has 1 aromatic heterocycles. The fraction of sp³-hybridized carbons (Fsp3) is 0.375. The quantitative estimate of drug-likeness (QED) is 0.437. The molecule has 2 N–H and O–H groups in total. The van der Waals surface area contributed by atoms with Crippen LogP contribution in [0.4, 0.5) is 0 Å². The Morgan fingerprint density at radius 1 is 1.17 bits per heavy atom. The van der Waals surface area contributed by atoms with E-state index in [1.165, 1.54) is 17.6 Å². The van der Waals surface area contributed by atoms with E-state index in [0.29, 0.717) is 6.42 Å². The third-order valence-electron chi connectivity index (χ3n) is 5.62. The molecule has 0 aliphatic carbocycles. The van der Waals surface area contributed by atoms with Crippen LogP contribution in [0.3, 0.4) is 0 Å². The minimum absolute atomic E-state index is 0.0162. The number of thioether (sulfide) groups is 1. The van der Waals surface area contributed by atoms with E-state index in [-0.39, 0.29) is 22.8 Å². The number of methoxy groups -OCH3 is 2. The SMILES string of the molecule is COC(=O)[C@@H]1Cc2c([nH]c3cc(OC)ccc23)[C@H](CC(C)(C)Sc2ccccc2)N1. The van der Waals surface area contributed by atoms with Gasteiger partial charge in [-0.05, 0) is 36.2 Å². The fourth-order valence-electron chi connectivity index (χ4n) is 4.28. The molecule has 0 radical (unpaired) electrons. The summed E-state index contributed by atoms with van der Waals surface area (Å²) in [6.07, 6.45) is 1.47. The van der Waals surface area contributed by atoms with E-state index in [0.717, 1.165) is 28.8 Å². The summed E-state index contributed by atoms with van der Waals surface area (Å²) < 4.78 is 10.4. The predicted molar refractivity (Wildman–Crippen MR) is 121 cm³/mol. The molecule has 2 heterocycles. The average Bonchev–Trinajstić information content (AvgIpc) is 3.11. The number of nitrogens with one attached hydrogen (secondary N) is 2. The highest BCUT2D eigenvalue weighted by Gasteiger charge is 2.36. The molecule has 1 aliphatic heterocycles. The number of rotatable bonds is 6. The van der Waals surface area contributed by atoms with Crippen molar-refractivity contribution < 1.29 is 14.3 Å². The molecule has 0 unspecified atom stereocenters. The molecule has 30 heavy (non-hydrogen) atoms. The van der Waals surface area contributed by atoms with Crippen molar-refractivity contribution >= 4 is 28.6 Å². The number of carbonyl (C=O) groups excluding carboxylic acids is 1. The number of hydrogen-bond acceptors (Lipinski definition) is 5. The lowest BCUT2D eigenvalue weighted by Gasteiger charge is -2.35. The van der Waals surface area contributed by atoms with Gasteiger partial charge in [0, 0.05) is 44.8 Å². The lowest BCUT2D eigenvalue weighted by atomic mass is 9.89. The molecule has 0 spiro atoms. The van der Waals surface area contributed by atoms with Gasteiger partial charge < -0.3 is 14.5 Å². The Kier molecular flexibility index (Phi) is 5.80. The molecule has 0 bridgehead atoms. The molecule has 3 aromatic rings. The summed E-state index contributed by atoms with van der Waals surface area (Å²) >= 11 is 1.85. The standard InChI is InChI=1S/C24H28N2O3S/c1-24(2,30-16-8-6-5-7-9-16)14-21-22-18(13-20(25-21)23(27)29-4)17-11-10-15(28-3)12-19(17)26-22/h5-12,20-21,25-26H,13-14H2,1-4H3/t20-,21-/m0/s1. The van der Waals surface area contributed by atoms with Gasteiger partial charge in [-0.1, -0.05) is 32.0 Å². The zero-order chi connectivity index (χ0) is 21.3. The molecule has 0 fully saturated rings. The first-order chi connectivity index (χ1) is 14.4. The zero-order valence-electron chi connectivity index (χ0n) is 17.8. The maximum atomic E-state index is 12.4. The first kappa shape index (κ1) is 20.8. The van der Waals surface area contributed by atoms with Crippen LogP contribution in [0.5, 0.6) is 5.75 Å². The monoisotopic (exact) mass is 424 g/mol. The molecule has 4 rings (SSSR count). The number of aromatic amines is 1. The van der Waals surface area contributed by atoms with Crippen molar-refractivity contribution in [3.05, 3.63) is 59.8 Å². The third-order valence-corrected chi connectivity index (χ3v) is 6.85. The minimum Gasteiger partial charge on any atom is -0.497 e. The first-order valence-corrected chi connectivity index (χ1v) is 11.0. The molecule has 0 amide bonds. The molecular weight excluding hydrogens is 396 g/mol. The Hall–Kier alpha value is -2.44. The highest BCUT2D eigenvalue weighted by Crippen LogP contribution is 2.42. The molecule has 2 atom stereocenters. The van der Waals surface area contributed by atoms with Crippen molar-refractivity contribution in [2.24, 2.45) is 0 Å². The van der Waals surface area contributed by atoms with Crippen LogP contribution in [0.25, 0.3) is 10.9 Å². The highest BCUT2D eigenvalue weighted by atomic mass is 32.2. The van der Waals surface area contributed by atoms with Gasteiger partial charge in [0.15, 0.2) is 0 Å². The maximum absolute atomic E-state index is 12.4. The number of hydrogen-bond donors (Lipinski definition) is 2. The molecular formula is C24H28N2O3S. The van der Waals surface area contributed by atoms with E-state index in [2.05, 4.69) is 54.5 Å². The lowest BCUT2D eigenvalue weighted by molar-refractivity contribution is -0.143. The third kappa shape index (κ3) is 4.20. The Morgan fingerprint density at radius 2 is 1.93 bits per heavy atom. The number of fused-ring (bicyclic) bond motifs is 3. The van der Waals surface area contributed by atoms with E-state index in [1.807, 2.05) is 30.0 Å². The van der Waals surface area contributed by atoms with E-state index < -0.39 is 0 Å². The van der Waals surface area contributed by atoms with Crippen LogP contribution in [0.2, 0.25) is 0 Å². The largest absolute Gasteiger partial charge is 0.497 e. The molecule has 6 heteroatoms. The van der Waals surface area contributed by atoms with Crippen molar-refractivity contribution in [2.45, 2.75) is 48.4 Å². The number of ether oxygens (including phenoxy) is 2. The number of aromatic nitrogens is 1. The van der Waals surface area contributed by atoms with Crippen LogP contribution in [0, 0.1) is 0 Å².